The average Bonchev–Trinajstić information content (AvgIpc) is 2.70. The number of para-hydroxylation sites is 1. The lowest BCUT2D eigenvalue weighted by atomic mass is 10.2. The lowest BCUT2D eigenvalue weighted by molar-refractivity contribution is -0.123. The van der Waals surface area contributed by atoms with E-state index in [4.69, 9.17) is 19.5 Å². The Morgan fingerprint density at radius 2 is 1.78 bits per heavy atom. The molecule has 0 spiro atoms. The summed E-state index contributed by atoms with van der Waals surface area (Å²) in [7, 11) is -1.23. The summed E-state index contributed by atoms with van der Waals surface area (Å²) in [6.07, 6.45) is 0. The van der Waals surface area contributed by atoms with Gasteiger partial charge in [0.1, 0.15) is 11.8 Å². The van der Waals surface area contributed by atoms with Gasteiger partial charge < -0.3 is 14.2 Å². The van der Waals surface area contributed by atoms with Gasteiger partial charge in [-0.05, 0) is 24.3 Å². The van der Waals surface area contributed by atoms with Crippen molar-refractivity contribution < 1.29 is 27.4 Å². The number of nitriles is 1. The summed E-state index contributed by atoms with van der Waals surface area (Å²) in [5, 5.41) is 8.96. The van der Waals surface area contributed by atoms with Gasteiger partial charge in [-0.2, -0.15) is 5.26 Å². The number of rotatable bonds is 8. The number of methoxy groups -OCH3 is 2. The van der Waals surface area contributed by atoms with Crippen LogP contribution in [0.3, 0.4) is 0 Å². The second-order valence-corrected chi connectivity index (χ2v) is 6.75. The van der Waals surface area contributed by atoms with E-state index in [1.54, 1.807) is 12.1 Å². The van der Waals surface area contributed by atoms with E-state index in [9.17, 15) is 13.2 Å². The summed E-state index contributed by atoms with van der Waals surface area (Å²) in [4.78, 5) is 13.7. The van der Waals surface area contributed by atoms with E-state index < -0.39 is 22.5 Å². The van der Waals surface area contributed by atoms with Crippen molar-refractivity contribution in [3.05, 3.63) is 48.0 Å². The zero-order valence-electron chi connectivity index (χ0n) is 14.6. The van der Waals surface area contributed by atoms with E-state index >= 15 is 0 Å². The molecule has 0 fully saturated rings. The number of hydrogen-bond donors (Lipinski definition) is 2. The topological polar surface area (TPSA) is 127 Å². The molecule has 0 bridgehead atoms. The molecule has 0 aliphatic heterocycles. The van der Waals surface area contributed by atoms with Gasteiger partial charge in [0.05, 0.1) is 24.7 Å². The zero-order chi connectivity index (χ0) is 19.9. The highest BCUT2D eigenvalue weighted by Gasteiger charge is 2.18. The quantitative estimate of drug-likeness (QED) is 0.642. The van der Waals surface area contributed by atoms with Crippen LogP contribution < -0.4 is 24.5 Å². The molecule has 0 aromatic heterocycles. The van der Waals surface area contributed by atoms with E-state index in [0.717, 1.165) is 0 Å². The number of carbonyl (C=O) groups excluding carboxylic acids is 1. The first-order valence-electron chi connectivity index (χ1n) is 7.56. The summed E-state index contributed by atoms with van der Waals surface area (Å²) < 4.78 is 39.9. The SMILES string of the molecule is COc1ccc(S(=O)(=O)NNC(=O)COc2ccccc2C#N)cc1OC. The molecular weight excluding hydrogens is 374 g/mol. The maximum Gasteiger partial charge on any atom is 0.272 e. The van der Waals surface area contributed by atoms with Crippen LogP contribution in [0.2, 0.25) is 0 Å². The van der Waals surface area contributed by atoms with Crippen molar-refractivity contribution in [2.45, 2.75) is 4.90 Å². The largest absolute Gasteiger partial charge is 0.493 e. The van der Waals surface area contributed by atoms with E-state index in [0.29, 0.717) is 5.75 Å². The molecular formula is C17H17N3O6S. The van der Waals surface area contributed by atoms with Gasteiger partial charge in [0, 0.05) is 6.07 Å². The molecule has 10 heteroatoms. The van der Waals surface area contributed by atoms with Crippen LogP contribution in [0.25, 0.3) is 0 Å². The Labute approximate surface area is 156 Å². The van der Waals surface area contributed by atoms with Crippen LogP contribution in [0.15, 0.2) is 47.4 Å². The second-order valence-electron chi connectivity index (χ2n) is 5.07. The normalized spacial score (nSPS) is 10.6. The number of hydrazine groups is 1. The Kier molecular flexibility index (Phi) is 6.59. The predicted octanol–water partition coefficient (Wildman–Crippen LogP) is 0.964. The number of ether oxygens (including phenoxy) is 3. The van der Waals surface area contributed by atoms with Gasteiger partial charge in [0.2, 0.25) is 0 Å². The molecule has 0 heterocycles. The van der Waals surface area contributed by atoms with Crippen molar-refractivity contribution in [1.29, 1.82) is 5.26 Å². The van der Waals surface area contributed by atoms with E-state index in [-0.39, 0.29) is 22.0 Å². The first kappa shape index (κ1) is 20.0. The van der Waals surface area contributed by atoms with Crippen LogP contribution in [0.4, 0.5) is 0 Å². The molecule has 0 unspecified atom stereocenters. The second kappa shape index (κ2) is 8.88. The molecule has 0 radical (unpaired) electrons. The number of hydrogen-bond acceptors (Lipinski definition) is 7. The van der Waals surface area contributed by atoms with Gasteiger partial charge in [-0.1, -0.05) is 12.1 Å². The molecule has 2 aromatic rings. The monoisotopic (exact) mass is 391 g/mol. The number of nitrogens with zero attached hydrogens (tertiary/aromatic N) is 1. The lowest BCUT2D eigenvalue weighted by Crippen LogP contribution is -2.43. The highest BCUT2D eigenvalue weighted by Crippen LogP contribution is 2.29. The van der Waals surface area contributed by atoms with Crippen LogP contribution in [0.1, 0.15) is 5.56 Å². The zero-order valence-corrected chi connectivity index (χ0v) is 15.4. The number of benzene rings is 2. The molecule has 0 aliphatic carbocycles. The number of sulfonamides is 1. The Balaban J connectivity index is 1.98. The molecule has 27 heavy (non-hydrogen) atoms. The summed E-state index contributed by atoms with van der Waals surface area (Å²) in [6.45, 7) is -0.479. The van der Waals surface area contributed by atoms with Crippen molar-refractivity contribution in [2.24, 2.45) is 0 Å². The Bertz CT molecular complexity index is 969. The van der Waals surface area contributed by atoms with E-state index in [2.05, 4.69) is 0 Å². The van der Waals surface area contributed by atoms with Crippen LogP contribution in [0.5, 0.6) is 17.2 Å². The molecule has 2 rings (SSSR count). The molecule has 142 valence electrons. The highest BCUT2D eigenvalue weighted by molar-refractivity contribution is 7.89. The number of nitrogens with one attached hydrogen (secondary N) is 2. The smallest absolute Gasteiger partial charge is 0.272 e. The van der Waals surface area contributed by atoms with Crippen molar-refractivity contribution in [2.75, 3.05) is 20.8 Å². The first-order valence-corrected chi connectivity index (χ1v) is 9.04. The molecule has 2 aromatic carbocycles. The molecule has 0 saturated heterocycles. The third kappa shape index (κ3) is 5.10. The third-order valence-electron chi connectivity index (χ3n) is 3.36. The van der Waals surface area contributed by atoms with Gasteiger partial charge in [0.25, 0.3) is 15.9 Å². The summed E-state index contributed by atoms with van der Waals surface area (Å²) in [5.41, 5.74) is 2.30. The summed E-state index contributed by atoms with van der Waals surface area (Å²) in [6, 6.07) is 12.3. The highest BCUT2D eigenvalue weighted by atomic mass is 32.2. The van der Waals surface area contributed by atoms with Crippen molar-refractivity contribution in [1.82, 2.24) is 10.3 Å². The Hall–Kier alpha value is -3.29. The molecule has 0 aliphatic rings. The van der Waals surface area contributed by atoms with Gasteiger partial charge in [-0.15, -0.1) is 4.83 Å². The molecule has 1 amide bonds. The first-order chi connectivity index (χ1) is 12.9. The molecule has 0 atom stereocenters. The minimum atomic E-state index is -4.03. The molecule has 9 nitrogen and oxygen atoms in total. The standard InChI is InChI=1S/C17H17N3O6S/c1-24-15-8-7-13(9-16(15)25-2)27(22,23)20-19-17(21)11-26-14-6-4-3-5-12(14)10-18/h3-9,20H,11H2,1-2H3,(H,19,21). The number of amides is 1. The molecule has 2 N–H and O–H groups in total. The fourth-order valence-electron chi connectivity index (χ4n) is 2.03. The maximum atomic E-state index is 12.3. The van der Waals surface area contributed by atoms with Crippen LogP contribution >= 0.6 is 0 Å². The van der Waals surface area contributed by atoms with Gasteiger partial charge in [0.15, 0.2) is 18.1 Å². The van der Waals surface area contributed by atoms with Gasteiger partial charge in [-0.25, -0.2) is 8.42 Å². The minimum Gasteiger partial charge on any atom is -0.493 e. The van der Waals surface area contributed by atoms with Crippen molar-refractivity contribution in [3.63, 3.8) is 0 Å². The average molecular weight is 391 g/mol. The Morgan fingerprint density at radius 3 is 2.44 bits per heavy atom. The van der Waals surface area contributed by atoms with Crippen molar-refractivity contribution in [3.8, 4) is 23.3 Å². The van der Waals surface area contributed by atoms with Gasteiger partial charge >= 0.3 is 0 Å². The summed E-state index contributed by atoms with van der Waals surface area (Å²) in [5.74, 6) is 0.0675. The molecule has 0 saturated carbocycles. The van der Waals surface area contributed by atoms with E-state index in [1.165, 1.54) is 44.6 Å². The van der Waals surface area contributed by atoms with Crippen LogP contribution in [-0.2, 0) is 14.8 Å². The van der Waals surface area contributed by atoms with Crippen LogP contribution in [-0.4, -0.2) is 35.2 Å². The predicted molar refractivity (Wildman–Crippen MR) is 94.7 cm³/mol. The lowest BCUT2D eigenvalue weighted by Gasteiger charge is -2.12. The van der Waals surface area contributed by atoms with Crippen molar-refractivity contribution >= 4 is 15.9 Å². The van der Waals surface area contributed by atoms with Crippen LogP contribution in [0, 0.1) is 11.3 Å². The fraction of sp³-hybridized carbons (Fsp3) is 0.176. The third-order valence-corrected chi connectivity index (χ3v) is 4.60. The maximum absolute atomic E-state index is 12.3. The number of carbonyl (C=O) groups is 1. The Morgan fingerprint density at radius 1 is 1.07 bits per heavy atom. The van der Waals surface area contributed by atoms with E-state index in [1.807, 2.05) is 16.3 Å². The van der Waals surface area contributed by atoms with Gasteiger partial charge in [-0.3, -0.25) is 10.2 Å². The fourth-order valence-corrected chi connectivity index (χ4v) is 2.91. The summed E-state index contributed by atoms with van der Waals surface area (Å²) >= 11 is 0. The minimum absolute atomic E-state index is 0.129.